The van der Waals surface area contributed by atoms with Gasteiger partial charge in [0.1, 0.15) is 18.2 Å². The van der Waals surface area contributed by atoms with Gasteiger partial charge >= 0.3 is 6.03 Å². The largest absolute Gasteiger partial charge is 0.470 e. The van der Waals surface area contributed by atoms with Crippen LogP contribution < -0.4 is 15.4 Å². The zero-order chi connectivity index (χ0) is 18.7. The third-order valence-electron chi connectivity index (χ3n) is 4.56. The van der Waals surface area contributed by atoms with Crippen LogP contribution in [0.4, 0.5) is 4.79 Å². The van der Waals surface area contributed by atoms with Crippen molar-refractivity contribution in [2.45, 2.75) is 38.0 Å². The summed E-state index contributed by atoms with van der Waals surface area (Å²) in [5, 5.41) is 5.11. The lowest BCUT2D eigenvalue weighted by Crippen LogP contribution is -2.55. The van der Waals surface area contributed by atoms with Crippen LogP contribution in [0.25, 0.3) is 0 Å². The Bertz CT molecular complexity index is 694. The predicted molar refractivity (Wildman–Crippen MR) is 90.3 cm³/mol. The van der Waals surface area contributed by atoms with E-state index in [0.717, 1.165) is 0 Å². The van der Waals surface area contributed by atoms with E-state index in [2.05, 4.69) is 15.6 Å². The monoisotopic (exact) mass is 362 g/mol. The summed E-state index contributed by atoms with van der Waals surface area (Å²) in [4.78, 5) is 41.5. The second-order valence-corrected chi connectivity index (χ2v) is 6.77. The number of nitrogens with one attached hydrogen (secondary N) is 2. The SMILES string of the molecule is CC1(C)C(=O)NC(=O)N1CC(=O)N[C@@H]1CCOC[C@H]1Oc1ccccn1. The van der Waals surface area contributed by atoms with Gasteiger partial charge in [-0.25, -0.2) is 9.78 Å². The van der Waals surface area contributed by atoms with Crippen molar-refractivity contribution in [3.63, 3.8) is 0 Å². The van der Waals surface area contributed by atoms with Gasteiger partial charge in [-0.1, -0.05) is 6.07 Å². The molecule has 9 nitrogen and oxygen atoms in total. The van der Waals surface area contributed by atoms with Crippen molar-refractivity contribution in [1.29, 1.82) is 0 Å². The van der Waals surface area contributed by atoms with Crippen LogP contribution in [0.2, 0.25) is 0 Å². The van der Waals surface area contributed by atoms with E-state index in [4.69, 9.17) is 9.47 Å². The molecule has 0 saturated carbocycles. The molecule has 2 saturated heterocycles. The quantitative estimate of drug-likeness (QED) is 0.717. The standard InChI is InChI=1S/C17H22N4O5/c1-17(2)15(23)20-16(24)21(17)9-13(22)19-11-6-8-25-10-12(11)26-14-5-3-4-7-18-14/h3-5,7,11-12H,6,8-10H2,1-2H3,(H,19,22)(H,20,23,24)/t11-,12-/m1/s1. The molecule has 0 bridgehead atoms. The molecule has 2 fully saturated rings. The van der Waals surface area contributed by atoms with Crippen molar-refractivity contribution >= 4 is 17.8 Å². The van der Waals surface area contributed by atoms with Crippen LogP contribution in [0.15, 0.2) is 24.4 Å². The van der Waals surface area contributed by atoms with Crippen LogP contribution in [0, 0.1) is 0 Å². The Labute approximate surface area is 151 Å². The maximum Gasteiger partial charge on any atom is 0.325 e. The van der Waals surface area contributed by atoms with Crippen LogP contribution in [-0.4, -0.2) is 65.2 Å². The summed E-state index contributed by atoms with van der Waals surface area (Å²) in [6.45, 7) is 3.82. The van der Waals surface area contributed by atoms with Gasteiger partial charge in [-0.2, -0.15) is 0 Å². The van der Waals surface area contributed by atoms with Crippen molar-refractivity contribution in [3.8, 4) is 5.88 Å². The first-order chi connectivity index (χ1) is 12.4. The maximum atomic E-state index is 12.4. The molecular formula is C17H22N4O5. The van der Waals surface area contributed by atoms with Gasteiger partial charge in [-0.05, 0) is 26.3 Å². The molecule has 3 rings (SSSR count). The fourth-order valence-electron chi connectivity index (χ4n) is 2.92. The molecule has 9 heteroatoms. The van der Waals surface area contributed by atoms with Gasteiger partial charge in [0.25, 0.3) is 5.91 Å². The third-order valence-corrected chi connectivity index (χ3v) is 4.56. The van der Waals surface area contributed by atoms with Gasteiger partial charge in [0, 0.05) is 18.9 Å². The highest BCUT2D eigenvalue weighted by atomic mass is 16.5. The highest BCUT2D eigenvalue weighted by molar-refractivity contribution is 6.07. The van der Waals surface area contributed by atoms with E-state index in [1.165, 1.54) is 4.90 Å². The first kappa shape index (κ1) is 18.1. The summed E-state index contributed by atoms with van der Waals surface area (Å²) in [5.74, 6) is -0.324. The molecule has 4 amide bonds. The normalized spacial score (nSPS) is 24.9. The molecule has 2 atom stereocenters. The van der Waals surface area contributed by atoms with E-state index >= 15 is 0 Å². The minimum absolute atomic E-state index is 0.210. The highest BCUT2D eigenvalue weighted by Crippen LogP contribution is 2.20. The number of amides is 4. The van der Waals surface area contributed by atoms with Gasteiger partial charge in [0.15, 0.2) is 0 Å². The molecule has 26 heavy (non-hydrogen) atoms. The fourth-order valence-corrected chi connectivity index (χ4v) is 2.92. The maximum absolute atomic E-state index is 12.4. The topological polar surface area (TPSA) is 110 Å². The predicted octanol–water partition coefficient (Wildman–Crippen LogP) is 0.0645. The summed E-state index contributed by atoms with van der Waals surface area (Å²) < 4.78 is 11.3. The van der Waals surface area contributed by atoms with Crippen molar-refractivity contribution in [1.82, 2.24) is 20.5 Å². The van der Waals surface area contributed by atoms with E-state index in [0.29, 0.717) is 25.5 Å². The highest BCUT2D eigenvalue weighted by Gasteiger charge is 2.46. The average Bonchev–Trinajstić information content (AvgIpc) is 2.80. The number of carbonyl (C=O) groups excluding carboxylic acids is 3. The zero-order valence-electron chi connectivity index (χ0n) is 14.7. The van der Waals surface area contributed by atoms with E-state index in [1.807, 2.05) is 6.07 Å². The molecule has 0 aliphatic carbocycles. The number of nitrogens with zero attached hydrogens (tertiary/aromatic N) is 2. The molecule has 1 aromatic rings. The molecule has 3 heterocycles. The van der Waals surface area contributed by atoms with Crippen LogP contribution >= 0.6 is 0 Å². The zero-order valence-corrected chi connectivity index (χ0v) is 14.7. The third kappa shape index (κ3) is 3.77. The average molecular weight is 362 g/mol. The Morgan fingerprint density at radius 3 is 2.92 bits per heavy atom. The number of aromatic nitrogens is 1. The van der Waals surface area contributed by atoms with Gasteiger partial charge in [0.2, 0.25) is 11.8 Å². The molecule has 2 N–H and O–H groups in total. The second-order valence-electron chi connectivity index (χ2n) is 6.77. The van der Waals surface area contributed by atoms with E-state index in [9.17, 15) is 14.4 Å². The van der Waals surface area contributed by atoms with Gasteiger partial charge in [-0.15, -0.1) is 0 Å². The number of hydrogen-bond donors (Lipinski definition) is 2. The van der Waals surface area contributed by atoms with Crippen molar-refractivity contribution in [3.05, 3.63) is 24.4 Å². The summed E-state index contributed by atoms with van der Waals surface area (Å²) in [7, 11) is 0. The summed E-state index contributed by atoms with van der Waals surface area (Å²) >= 11 is 0. The van der Waals surface area contributed by atoms with Gasteiger partial charge < -0.3 is 19.7 Å². The Kier molecular flexibility index (Phi) is 5.08. The Morgan fingerprint density at radius 1 is 1.46 bits per heavy atom. The van der Waals surface area contributed by atoms with E-state index < -0.39 is 17.5 Å². The van der Waals surface area contributed by atoms with Crippen LogP contribution in [-0.2, 0) is 14.3 Å². The smallest absolute Gasteiger partial charge is 0.325 e. The number of imide groups is 1. The van der Waals surface area contributed by atoms with Crippen LogP contribution in [0.1, 0.15) is 20.3 Å². The lowest BCUT2D eigenvalue weighted by Gasteiger charge is -2.33. The molecule has 0 spiro atoms. The van der Waals surface area contributed by atoms with Crippen molar-refractivity contribution in [2.75, 3.05) is 19.8 Å². The molecular weight excluding hydrogens is 340 g/mol. The molecule has 1 aromatic heterocycles. The molecule has 0 unspecified atom stereocenters. The number of hydrogen-bond acceptors (Lipinski definition) is 6. The number of pyridine rings is 1. The molecule has 140 valence electrons. The first-order valence-electron chi connectivity index (χ1n) is 8.46. The second kappa shape index (κ2) is 7.28. The van der Waals surface area contributed by atoms with Gasteiger partial charge in [0.05, 0.1) is 12.6 Å². The Balaban J connectivity index is 1.61. The lowest BCUT2D eigenvalue weighted by atomic mass is 10.0. The molecule has 2 aliphatic rings. The molecule has 2 aliphatic heterocycles. The first-order valence-corrected chi connectivity index (χ1v) is 8.46. The minimum atomic E-state index is -1.06. The minimum Gasteiger partial charge on any atom is -0.470 e. The number of rotatable bonds is 5. The fraction of sp³-hybridized carbons (Fsp3) is 0.529. The van der Waals surface area contributed by atoms with Crippen molar-refractivity contribution < 1.29 is 23.9 Å². The summed E-state index contributed by atoms with van der Waals surface area (Å²) in [6, 6.07) is 4.49. The number of carbonyl (C=O) groups is 3. The number of urea groups is 1. The Hall–Kier alpha value is -2.68. The van der Waals surface area contributed by atoms with E-state index in [1.54, 1.807) is 32.2 Å². The summed E-state index contributed by atoms with van der Waals surface area (Å²) in [5.41, 5.74) is -1.06. The van der Waals surface area contributed by atoms with Crippen LogP contribution in [0.5, 0.6) is 5.88 Å². The Morgan fingerprint density at radius 2 is 2.27 bits per heavy atom. The van der Waals surface area contributed by atoms with E-state index in [-0.39, 0.29) is 24.6 Å². The summed E-state index contributed by atoms with van der Waals surface area (Å²) in [6.07, 6.45) is 1.82. The van der Waals surface area contributed by atoms with Crippen LogP contribution in [0.3, 0.4) is 0 Å². The molecule has 0 radical (unpaired) electrons. The lowest BCUT2D eigenvalue weighted by molar-refractivity contribution is -0.128. The number of ether oxygens (including phenoxy) is 2. The molecule has 0 aromatic carbocycles. The van der Waals surface area contributed by atoms with Gasteiger partial charge in [-0.3, -0.25) is 14.9 Å². The van der Waals surface area contributed by atoms with Crippen molar-refractivity contribution in [2.24, 2.45) is 0 Å².